The van der Waals surface area contributed by atoms with Gasteiger partial charge in [0.2, 0.25) is 0 Å². The number of pyridine rings is 1. The van der Waals surface area contributed by atoms with Gasteiger partial charge in [0, 0.05) is 24.3 Å². The maximum Gasteiger partial charge on any atom is 0.149 e. The van der Waals surface area contributed by atoms with Crippen molar-refractivity contribution in [1.29, 1.82) is 0 Å². The molecule has 3 heterocycles. The van der Waals surface area contributed by atoms with Gasteiger partial charge in [0.15, 0.2) is 0 Å². The van der Waals surface area contributed by atoms with E-state index in [0.717, 1.165) is 17.2 Å². The third-order valence-corrected chi connectivity index (χ3v) is 4.24. The SMILES string of the molecule is Cc1ccc(N)c(NC2CCN3CCCCC23)n1. The summed E-state index contributed by atoms with van der Waals surface area (Å²) in [5, 5.41) is 3.57. The zero-order valence-electron chi connectivity index (χ0n) is 11.0. The third kappa shape index (κ3) is 2.17. The van der Waals surface area contributed by atoms with E-state index >= 15 is 0 Å². The van der Waals surface area contributed by atoms with Crippen molar-refractivity contribution in [2.24, 2.45) is 0 Å². The number of nitrogens with zero attached hydrogens (tertiary/aromatic N) is 2. The van der Waals surface area contributed by atoms with Gasteiger partial charge in [-0.3, -0.25) is 4.90 Å². The summed E-state index contributed by atoms with van der Waals surface area (Å²) in [4.78, 5) is 7.14. The zero-order valence-corrected chi connectivity index (χ0v) is 11.0. The quantitative estimate of drug-likeness (QED) is 0.838. The Hall–Kier alpha value is -1.29. The average molecular weight is 246 g/mol. The van der Waals surface area contributed by atoms with Crippen molar-refractivity contribution in [2.45, 2.75) is 44.7 Å². The summed E-state index contributed by atoms with van der Waals surface area (Å²) in [6, 6.07) is 5.10. The van der Waals surface area contributed by atoms with Crippen molar-refractivity contribution in [3.63, 3.8) is 0 Å². The Morgan fingerprint density at radius 3 is 3.06 bits per heavy atom. The highest BCUT2D eigenvalue weighted by Crippen LogP contribution is 2.30. The van der Waals surface area contributed by atoms with Gasteiger partial charge in [-0.1, -0.05) is 6.42 Å². The molecule has 1 aromatic heterocycles. The summed E-state index contributed by atoms with van der Waals surface area (Å²) >= 11 is 0. The number of aromatic nitrogens is 1. The van der Waals surface area contributed by atoms with Gasteiger partial charge < -0.3 is 11.1 Å². The molecule has 2 aliphatic rings. The maximum absolute atomic E-state index is 6.00. The summed E-state index contributed by atoms with van der Waals surface area (Å²) < 4.78 is 0. The molecule has 0 radical (unpaired) electrons. The topological polar surface area (TPSA) is 54.2 Å². The van der Waals surface area contributed by atoms with Gasteiger partial charge in [-0.15, -0.1) is 0 Å². The van der Waals surface area contributed by atoms with Gasteiger partial charge in [0.05, 0.1) is 5.69 Å². The summed E-state index contributed by atoms with van der Waals surface area (Å²) in [7, 11) is 0. The van der Waals surface area contributed by atoms with E-state index in [0.29, 0.717) is 12.1 Å². The largest absolute Gasteiger partial charge is 0.396 e. The number of hydrogen-bond donors (Lipinski definition) is 2. The molecule has 3 N–H and O–H groups in total. The lowest BCUT2D eigenvalue weighted by molar-refractivity contribution is 0.192. The predicted molar refractivity (Wildman–Crippen MR) is 74.6 cm³/mol. The minimum Gasteiger partial charge on any atom is -0.396 e. The molecule has 2 unspecified atom stereocenters. The van der Waals surface area contributed by atoms with Crippen LogP contribution in [0.3, 0.4) is 0 Å². The fraction of sp³-hybridized carbons (Fsp3) is 0.643. The van der Waals surface area contributed by atoms with Crippen LogP contribution in [0.5, 0.6) is 0 Å². The van der Waals surface area contributed by atoms with E-state index < -0.39 is 0 Å². The van der Waals surface area contributed by atoms with Gasteiger partial charge in [-0.25, -0.2) is 4.98 Å². The van der Waals surface area contributed by atoms with Gasteiger partial charge in [-0.2, -0.15) is 0 Å². The van der Waals surface area contributed by atoms with Crippen molar-refractivity contribution >= 4 is 11.5 Å². The molecular formula is C14H22N4. The van der Waals surface area contributed by atoms with Crippen LogP contribution < -0.4 is 11.1 Å². The molecule has 4 nitrogen and oxygen atoms in total. The van der Waals surface area contributed by atoms with Crippen LogP contribution in [-0.4, -0.2) is 35.1 Å². The number of fused-ring (bicyclic) bond motifs is 1. The minimum absolute atomic E-state index is 0.516. The first-order chi connectivity index (χ1) is 8.74. The maximum atomic E-state index is 6.00. The highest BCUT2D eigenvalue weighted by atomic mass is 15.2. The van der Waals surface area contributed by atoms with E-state index in [1.807, 2.05) is 19.1 Å². The number of nitrogens with one attached hydrogen (secondary N) is 1. The number of nitrogens with two attached hydrogens (primary N) is 1. The Labute approximate surface area is 109 Å². The van der Waals surface area contributed by atoms with Crippen molar-refractivity contribution in [2.75, 3.05) is 24.1 Å². The molecule has 0 bridgehead atoms. The molecule has 18 heavy (non-hydrogen) atoms. The lowest BCUT2D eigenvalue weighted by Crippen LogP contribution is -2.41. The summed E-state index contributed by atoms with van der Waals surface area (Å²) in [5.74, 6) is 0.868. The Balaban J connectivity index is 1.74. The van der Waals surface area contributed by atoms with Crippen LogP contribution >= 0.6 is 0 Å². The van der Waals surface area contributed by atoms with Crippen LogP contribution in [0.2, 0.25) is 0 Å². The second kappa shape index (κ2) is 4.76. The van der Waals surface area contributed by atoms with E-state index in [-0.39, 0.29) is 0 Å². The minimum atomic E-state index is 0.516. The van der Waals surface area contributed by atoms with Crippen molar-refractivity contribution < 1.29 is 0 Å². The Bertz CT molecular complexity index is 432. The first-order valence-corrected chi connectivity index (χ1v) is 6.98. The second-order valence-corrected chi connectivity index (χ2v) is 5.53. The zero-order chi connectivity index (χ0) is 12.5. The molecule has 2 atom stereocenters. The number of anilines is 2. The normalized spacial score (nSPS) is 28.1. The molecule has 2 aliphatic heterocycles. The predicted octanol–water partition coefficient (Wildman–Crippen LogP) is 2.01. The first kappa shape index (κ1) is 11.8. The number of piperidine rings is 1. The van der Waals surface area contributed by atoms with Gasteiger partial charge in [-0.05, 0) is 44.9 Å². The fourth-order valence-electron chi connectivity index (χ4n) is 3.27. The molecule has 98 valence electrons. The number of aryl methyl sites for hydroxylation is 1. The monoisotopic (exact) mass is 246 g/mol. The van der Waals surface area contributed by atoms with E-state index in [1.54, 1.807) is 0 Å². The lowest BCUT2D eigenvalue weighted by atomic mass is 9.99. The summed E-state index contributed by atoms with van der Waals surface area (Å²) in [5.41, 5.74) is 7.77. The highest BCUT2D eigenvalue weighted by molar-refractivity contribution is 5.61. The van der Waals surface area contributed by atoms with Crippen LogP contribution in [0.4, 0.5) is 11.5 Å². The van der Waals surface area contributed by atoms with Crippen molar-refractivity contribution in [1.82, 2.24) is 9.88 Å². The van der Waals surface area contributed by atoms with E-state index in [9.17, 15) is 0 Å². The Morgan fingerprint density at radius 1 is 1.28 bits per heavy atom. The summed E-state index contributed by atoms with van der Waals surface area (Å²) in [6.07, 6.45) is 5.23. The molecule has 0 aliphatic carbocycles. The lowest BCUT2D eigenvalue weighted by Gasteiger charge is -2.32. The van der Waals surface area contributed by atoms with Crippen LogP contribution in [0.15, 0.2) is 12.1 Å². The van der Waals surface area contributed by atoms with Crippen LogP contribution in [0.1, 0.15) is 31.4 Å². The molecule has 4 heteroatoms. The average Bonchev–Trinajstić information content (AvgIpc) is 2.78. The molecule has 3 rings (SSSR count). The van der Waals surface area contributed by atoms with E-state index in [1.165, 1.54) is 38.8 Å². The molecule has 2 fully saturated rings. The molecule has 1 aromatic rings. The smallest absolute Gasteiger partial charge is 0.149 e. The van der Waals surface area contributed by atoms with Crippen molar-refractivity contribution in [3.05, 3.63) is 17.8 Å². The Kier molecular flexibility index (Phi) is 3.12. The van der Waals surface area contributed by atoms with Crippen LogP contribution in [0, 0.1) is 6.92 Å². The molecule has 2 saturated heterocycles. The standard InChI is InChI=1S/C14H22N4/c1-10-5-6-11(15)14(16-10)17-12-7-9-18-8-3-2-4-13(12)18/h5-6,12-13H,2-4,7-9,15H2,1H3,(H,16,17). The van der Waals surface area contributed by atoms with Gasteiger partial charge in [0.25, 0.3) is 0 Å². The molecular weight excluding hydrogens is 224 g/mol. The Morgan fingerprint density at radius 2 is 2.17 bits per heavy atom. The first-order valence-electron chi connectivity index (χ1n) is 6.98. The molecule has 0 saturated carbocycles. The van der Waals surface area contributed by atoms with E-state index in [2.05, 4.69) is 15.2 Å². The van der Waals surface area contributed by atoms with Gasteiger partial charge >= 0.3 is 0 Å². The van der Waals surface area contributed by atoms with E-state index in [4.69, 9.17) is 5.73 Å². The number of nitrogen functional groups attached to an aromatic ring is 1. The number of rotatable bonds is 2. The molecule has 0 amide bonds. The number of hydrogen-bond acceptors (Lipinski definition) is 4. The van der Waals surface area contributed by atoms with Crippen LogP contribution in [-0.2, 0) is 0 Å². The highest BCUT2D eigenvalue weighted by Gasteiger charge is 2.35. The molecule has 0 spiro atoms. The van der Waals surface area contributed by atoms with Gasteiger partial charge in [0.1, 0.15) is 5.82 Å². The second-order valence-electron chi connectivity index (χ2n) is 5.53. The van der Waals surface area contributed by atoms with Crippen molar-refractivity contribution in [3.8, 4) is 0 Å². The van der Waals surface area contributed by atoms with Crippen LogP contribution in [0.25, 0.3) is 0 Å². The summed E-state index contributed by atoms with van der Waals surface area (Å²) in [6.45, 7) is 4.49. The third-order valence-electron chi connectivity index (χ3n) is 4.24. The molecule has 0 aromatic carbocycles. The fourth-order valence-corrected chi connectivity index (χ4v) is 3.27.